The molecule has 0 saturated carbocycles. The summed E-state index contributed by atoms with van der Waals surface area (Å²) in [7, 11) is 0. The van der Waals surface area contributed by atoms with Crippen LogP contribution in [0, 0.1) is 0 Å². The second-order valence-electron chi connectivity index (χ2n) is 4.82. The Morgan fingerprint density at radius 1 is 0.643 bits per heavy atom. The minimum atomic E-state index is -1.28. The SMILES string of the molecule is CC(C)(O)N(C(C)(C)O)C(C)(C)O.[CaH2]. The number of hydrogen-bond donors (Lipinski definition) is 3. The summed E-state index contributed by atoms with van der Waals surface area (Å²) >= 11 is 0. The second-order valence-corrected chi connectivity index (χ2v) is 4.82. The first-order valence-electron chi connectivity index (χ1n) is 4.34. The fourth-order valence-electron chi connectivity index (χ4n) is 2.01. The molecule has 0 radical (unpaired) electrons. The van der Waals surface area contributed by atoms with Gasteiger partial charge in [-0.25, -0.2) is 4.90 Å². The van der Waals surface area contributed by atoms with Crippen molar-refractivity contribution in [3.63, 3.8) is 0 Å². The summed E-state index contributed by atoms with van der Waals surface area (Å²) in [4.78, 5) is 1.23. The van der Waals surface area contributed by atoms with Crippen molar-refractivity contribution in [2.45, 2.75) is 58.7 Å². The van der Waals surface area contributed by atoms with Crippen LogP contribution in [0.5, 0.6) is 0 Å². The summed E-state index contributed by atoms with van der Waals surface area (Å²) in [5, 5.41) is 29.3. The molecule has 0 aromatic heterocycles. The van der Waals surface area contributed by atoms with Crippen LogP contribution in [0.15, 0.2) is 0 Å². The molecule has 0 unspecified atom stereocenters. The number of aliphatic hydroxyl groups is 3. The van der Waals surface area contributed by atoms with E-state index in [1.807, 2.05) is 0 Å². The van der Waals surface area contributed by atoms with E-state index in [-0.39, 0.29) is 37.7 Å². The van der Waals surface area contributed by atoms with E-state index in [0.29, 0.717) is 0 Å². The maximum atomic E-state index is 9.75. The fourth-order valence-corrected chi connectivity index (χ4v) is 2.01. The molecule has 0 spiro atoms. The Kier molecular flexibility index (Phi) is 6.19. The molecule has 5 heteroatoms. The monoisotopic (exact) mass is 233 g/mol. The van der Waals surface area contributed by atoms with Gasteiger partial charge in [-0.05, 0) is 41.5 Å². The van der Waals surface area contributed by atoms with Crippen molar-refractivity contribution in [1.29, 1.82) is 0 Å². The third-order valence-corrected chi connectivity index (χ3v) is 1.64. The molecule has 0 aromatic rings. The quantitative estimate of drug-likeness (QED) is 0.457. The first-order valence-corrected chi connectivity index (χ1v) is 4.34. The van der Waals surface area contributed by atoms with E-state index >= 15 is 0 Å². The van der Waals surface area contributed by atoms with E-state index in [2.05, 4.69) is 0 Å². The predicted molar refractivity (Wildman–Crippen MR) is 59.3 cm³/mol. The van der Waals surface area contributed by atoms with Gasteiger partial charge in [-0.1, -0.05) is 0 Å². The maximum absolute atomic E-state index is 9.75. The molecule has 0 aromatic carbocycles. The van der Waals surface area contributed by atoms with Gasteiger partial charge in [0.25, 0.3) is 0 Å². The van der Waals surface area contributed by atoms with Gasteiger partial charge in [-0.2, -0.15) is 0 Å². The van der Waals surface area contributed by atoms with E-state index in [1.165, 1.54) is 46.4 Å². The Morgan fingerprint density at radius 2 is 0.786 bits per heavy atom. The zero-order valence-corrected chi connectivity index (χ0v) is 9.29. The fraction of sp³-hybridized carbons (Fsp3) is 1.00. The summed E-state index contributed by atoms with van der Waals surface area (Å²) in [6, 6.07) is 0. The molecule has 0 fully saturated rings. The van der Waals surface area contributed by atoms with Crippen LogP contribution in [0.3, 0.4) is 0 Å². The van der Waals surface area contributed by atoms with Gasteiger partial charge < -0.3 is 15.3 Å². The molecule has 0 aliphatic heterocycles. The average molecular weight is 233 g/mol. The van der Waals surface area contributed by atoms with Gasteiger partial charge in [0, 0.05) is 0 Å². The molecule has 4 nitrogen and oxygen atoms in total. The van der Waals surface area contributed by atoms with Gasteiger partial charge in [0.05, 0.1) is 0 Å². The molecule has 0 heterocycles. The average Bonchev–Trinajstić information content (AvgIpc) is 1.44. The van der Waals surface area contributed by atoms with E-state index < -0.39 is 17.2 Å². The van der Waals surface area contributed by atoms with Crippen LogP contribution in [0.2, 0.25) is 0 Å². The second kappa shape index (κ2) is 4.95. The summed E-state index contributed by atoms with van der Waals surface area (Å²) in [5.74, 6) is 0. The molecular formula is C9H23CaNO3. The van der Waals surface area contributed by atoms with Crippen molar-refractivity contribution in [2.75, 3.05) is 0 Å². The molecule has 0 rings (SSSR count). The molecule has 0 atom stereocenters. The summed E-state index contributed by atoms with van der Waals surface area (Å²) in [5.41, 5.74) is -3.84. The topological polar surface area (TPSA) is 63.9 Å². The van der Waals surface area contributed by atoms with Gasteiger partial charge in [0.1, 0.15) is 17.2 Å². The first-order chi connectivity index (χ1) is 5.37. The third kappa shape index (κ3) is 5.26. The Bertz CT molecular complexity index is 143. The Morgan fingerprint density at radius 3 is 0.786 bits per heavy atom. The van der Waals surface area contributed by atoms with Crippen molar-refractivity contribution in [3.05, 3.63) is 0 Å². The molecule has 0 aliphatic carbocycles. The molecule has 0 bridgehead atoms. The molecule has 0 saturated heterocycles. The first kappa shape index (κ1) is 17.5. The van der Waals surface area contributed by atoms with Crippen LogP contribution >= 0.6 is 0 Å². The normalized spacial score (nSPS) is 14.1. The van der Waals surface area contributed by atoms with Gasteiger partial charge in [-0.3, -0.25) is 0 Å². The molecule has 0 aliphatic rings. The standard InChI is InChI=1S/C9H21NO3.Ca.2H/c1-7(2,11)10(8(3,4)12)9(5,6)13;;;/h11-13H,1-6H3;;;. The van der Waals surface area contributed by atoms with Crippen LogP contribution in [-0.4, -0.2) is 75.1 Å². The molecule has 3 N–H and O–H groups in total. The van der Waals surface area contributed by atoms with Crippen molar-refractivity contribution in [2.24, 2.45) is 0 Å². The molecule has 14 heavy (non-hydrogen) atoms. The zero-order chi connectivity index (χ0) is 11.1. The van der Waals surface area contributed by atoms with Crippen LogP contribution < -0.4 is 0 Å². The minimum absolute atomic E-state index is 0. The van der Waals surface area contributed by atoms with Crippen LogP contribution in [0.1, 0.15) is 41.5 Å². The third-order valence-electron chi connectivity index (χ3n) is 1.64. The number of hydrogen-bond acceptors (Lipinski definition) is 4. The summed E-state index contributed by atoms with van der Waals surface area (Å²) < 4.78 is 0. The molecular weight excluding hydrogens is 210 g/mol. The number of nitrogens with zero attached hydrogens (tertiary/aromatic N) is 1. The van der Waals surface area contributed by atoms with Crippen LogP contribution in [0.4, 0.5) is 0 Å². The number of rotatable bonds is 3. The van der Waals surface area contributed by atoms with Crippen molar-refractivity contribution in [1.82, 2.24) is 4.90 Å². The van der Waals surface area contributed by atoms with Crippen molar-refractivity contribution in [3.8, 4) is 0 Å². The van der Waals surface area contributed by atoms with Crippen molar-refractivity contribution < 1.29 is 15.3 Å². The Balaban J connectivity index is 0. The molecule has 0 amide bonds. The zero-order valence-electron chi connectivity index (χ0n) is 9.29. The van der Waals surface area contributed by atoms with Gasteiger partial charge in [-0.15, -0.1) is 0 Å². The van der Waals surface area contributed by atoms with Gasteiger partial charge in [0.15, 0.2) is 0 Å². The van der Waals surface area contributed by atoms with Gasteiger partial charge in [0.2, 0.25) is 0 Å². The predicted octanol–water partition coefficient (Wildman–Crippen LogP) is -0.443. The summed E-state index contributed by atoms with van der Waals surface area (Å²) in [6.07, 6.45) is 0. The molecule has 84 valence electrons. The van der Waals surface area contributed by atoms with E-state index in [9.17, 15) is 15.3 Å². The van der Waals surface area contributed by atoms with Crippen molar-refractivity contribution >= 4 is 37.7 Å². The van der Waals surface area contributed by atoms with E-state index in [1.54, 1.807) is 0 Å². The van der Waals surface area contributed by atoms with E-state index in [4.69, 9.17) is 0 Å². The Labute approximate surface area is 116 Å². The summed E-state index contributed by atoms with van der Waals surface area (Å²) in [6.45, 7) is 9.10. The van der Waals surface area contributed by atoms with E-state index in [0.717, 1.165) is 0 Å². The van der Waals surface area contributed by atoms with Crippen LogP contribution in [0.25, 0.3) is 0 Å². The Hall–Kier alpha value is 1.10. The van der Waals surface area contributed by atoms with Gasteiger partial charge >= 0.3 is 37.7 Å². The van der Waals surface area contributed by atoms with Crippen LogP contribution in [-0.2, 0) is 0 Å².